The van der Waals surface area contributed by atoms with Gasteiger partial charge in [-0.3, -0.25) is 9.69 Å². The number of halogens is 1. The number of aliphatic hydroxyl groups is 1. The van der Waals surface area contributed by atoms with E-state index in [1.165, 1.54) is 6.42 Å². The van der Waals surface area contributed by atoms with Crippen LogP contribution in [0.5, 0.6) is 0 Å². The second kappa shape index (κ2) is 4.01. The van der Waals surface area contributed by atoms with Crippen molar-refractivity contribution in [2.75, 3.05) is 4.90 Å². The molecule has 116 valence electrons. The molecule has 1 amide bonds. The fourth-order valence-electron chi connectivity index (χ4n) is 5.97. The fourth-order valence-corrected chi connectivity index (χ4v) is 6.10. The molecule has 5 aliphatic rings. The van der Waals surface area contributed by atoms with Crippen LogP contribution >= 0.6 is 11.6 Å². The summed E-state index contributed by atoms with van der Waals surface area (Å²) in [6, 6.07) is 0. The molecular weight excluding hydrogens is 302 g/mol. The van der Waals surface area contributed by atoms with Gasteiger partial charge in [0.1, 0.15) is 5.82 Å². The normalized spacial score (nSPS) is 42.1. The number of carbonyl (C=O) groups is 1. The molecule has 5 nitrogen and oxygen atoms in total. The summed E-state index contributed by atoms with van der Waals surface area (Å²) in [7, 11) is 0. The van der Waals surface area contributed by atoms with Crippen LogP contribution in [0.1, 0.15) is 44.1 Å². The van der Waals surface area contributed by atoms with Gasteiger partial charge in [-0.25, -0.2) is 4.98 Å². The minimum atomic E-state index is -0.593. The Bertz CT molecular complexity index is 678. The number of aromatic nitrogens is 2. The Balaban J connectivity index is 1.63. The highest BCUT2D eigenvalue weighted by atomic mass is 35.5. The molecule has 0 saturated heterocycles. The standard InChI is InChI=1S/C16H18ClN3O2/c17-14-18-7-11-2-12(21)20(13(11)19-14)15-3-9-1-10(4-15)6-16(22,5-9)8-15/h7,9-10,22H,1-6,8H2. The number of amides is 1. The molecule has 4 bridgehead atoms. The highest BCUT2D eigenvalue weighted by Gasteiger charge is 2.61. The largest absolute Gasteiger partial charge is 0.390 e. The van der Waals surface area contributed by atoms with Crippen molar-refractivity contribution in [2.45, 2.75) is 56.1 Å². The van der Waals surface area contributed by atoms with Gasteiger partial charge in [0.15, 0.2) is 0 Å². The van der Waals surface area contributed by atoms with E-state index in [0.29, 0.717) is 30.5 Å². The molecule has 4 aliphatic carbocycles. The Kier molecular flexibility index (Phi) is 2.41. The number of anilines is 1. The van der Waals surface area contributed by atoms with Gasteiger partial charge in [0.05, 0.1) is 17.6 Å². The molecular formula is C16H18ClN3O2. The van der Waals surface area contributed by atoms with Crippen LogP contribution in [0.2, 0.25) is 5.28 Å². The SMILES string of the molecule is O=C1Cc2cnc(Cl)nc2N1C12CC3CC(CC(O)(C3)C1)C2. The Labute approximate surface area is 133 Å². The number of rotatable bonds is 1. The summed E-state index contributed by atoms with van der Waals surface area (Å²) in [4.78, 5) is 22.9. The van der Waals surface area contributed by atoms with Gasteiger partial charge in [0.2, 0.25) is 11.2 Å². The maximum Gasteiger partial charge on any atom is 0.233 e. The van der Waals surface area contributed by atoms with Gasteiger partial charge >= 0.3 is 0 Å². The van der Waals surface area contributed by atoms with Crippen LogP contribution in [0.3, 0.4) is 0 Å². The van der Waals surface area contributed by atoms with Gasteiger partial charge in [-0.1, -0.05) is 0 Å². The van der Waals surface area contributed by atoms with Crippen LogP contribution < -0.4 is 4.90 Å². The van der Waals surface area contributed by atoms with E-state index in [4.69, 9.17) is 11.6 Å². The first-order valence-corrected chi connectivity index (χ1v) is 8.41. The molecule has 2 unspecified atom stereocenters. The van der Waals surface area contributed by atoms with Crippen LogP contribution in [-0.2, 0) is 11.2 Å². The van der Waals surface area contributed by atoms with E-state index < -0.39 is 5.60 Å². The highest BCUT2D eigenvalue weighted by Crippen LogP contribution is 2.60. The Morgan fingerprint density at radius 3 is 2.68 bits per heavy atom. The molecule has 1 aliphatic heterocycles. The van der Waals surface area contributed by atoms with Gasteiger partial charge < -0.3 is 5.11 Å². The first kappa shape index (κ1) is 13.3. The summed E-state index contributed by atoms with van der Waals surface area (Å²) in [5.41, 5.74) is 0.000116. The van der Waals surface area contributed by atoms with Gasteiger partial charge in [-0.05, 0) is 62.0 Å². The Morgan fingerprint density at radius 2 is 2.00 bits per heavy atom. The van der Waals surface area contributed by atoms with E-state index >= 15 is 0 Å². The zero-order valence-electron chi connectivity index (χ0n) is 12.3. The lowest BCUT2D eigenvalue weighted by molar-refractivity contribution is -0.141. The first-order valence-electron chi connectivity index (χ1n) is 8.03. The number of fused-ring (bicyclic) bond motifs is 1. The molecule has 2 heterocycles. The van der Waals surface area contributed by atoms with Crippen LogP contribution in [0.15, 0.2) is 6.20 Å². The molecule has 1 aromatic rings. The summed E-state index contributed by atoms with van der Waals surface area (Å²) in [6.07, 6.45) is 7.65. The van der Waals surface area contributed by atoms with Crippen molar-refractivity contribution in [3.63, 3.8) is 0 Å². The Hall–Kier alpha value is -1.20. The van der Waals surface area contributed by atoms with Crippen LogP contribution in [0, 0.1) is 11.8 Å². The molecule has 4 saturated carbocycles. The molecule has 22 heavy (non-hydrogen) atoms. The lowest BCUT2D eigenvalue weighted by Crippen LogP contribution is -2.66. The molecule has 0 aromatic carbocycles. The lowest BCUT2D eigenvalue weighted by Gasteiger charge is -2.62. The topological polar surface area (TPSA) is 66.3 Å². The smallest absolute Gasteiger partial charge is 0.233 e. The molecule has 1 N–H and O–H groups in total. The monoisotopic (exact) mass is 319 g/mol. The second-order valence-corrected chi connectivity index (χ2v) is 8.14. The van der Waals surface area contributed by atoms with Crippen LogP contribution in [0.4, 0.5) is 5.82 Å². The van der Waals surface area contributed by atoms with Crippen molar-refractivity contribution < 1.29 is 9.90 Å². The van der Waals surface area contributed by atoms with Crippen molar-refractivity contribution in [3.8, 4) is 0 Å². The van der Waals surface area contributed by atoms with Gasteiger partial charge in [0, 0.05) is 11.8 Å². The van der Waals surface area contributed by atoms with Crippen molar-refractivity contribution >= 4 is 23.3 Å². The average molecular weight is 320 g/mol. The van der Waals surface area contributed by atoms with Gasteiger partial charge in [-0.15, -0.1) is 0 Å². The number of hydrogen-bond acceptors (Lipinski definition) is 4. The maximum absolute atomic E-state index is 12.7. The molecule has 2 atom stereocenters. The number of carbonyl (C=O) groups excluding carboxylic acids is 1. The predicted octanol–water partition coefficient (Wildman–Crippen LogP) is 2.10. The van der Waals surface area contributed by atoms with Crippen LogP contribution in [0.25, 0.3) is 0 Å². The molecule has 1 aromatic heterocycles. The number of hydrogen-bond donors (Lipinski definition) is 1. The highest BCUT2D eigenvalue weighted by molar-refractivity contribution is 6.28. The third-order valence-corrected chi connectivity index (χ3v) is 6.27. The zero-order chi connectivity index (χ0) is 15.1. The molecule has 0 radical (unpaired) electrons. The van der Waals surface area contributed by atoms with E-state index in [-0.39, 0.29) is 16.7 Å². The predicted molar refractivity (Wildman–Crippen MR) is 80.6 cm³/mol. The zero-order valence-corrected chi connectivity index (χ0v) is 13.0. The summed E-state index contributed by atoms with van der Waals surface area (Å²) < 4.78 is 0. The maximum atomic E-state index is 12.7. The minimum absolute atomic E-state index is 0.0807. The lowest BCUT2D eigenvalue weighted by atomic mass is 9.50. The average Bonchev–Trinajstić information content (AvgIpc) is 2.71. The van der Waals surface area contributed by atoms with Crippen molar-refractivity contribution in [3.05, 3.63) is 17.0 Å². The summed E-state index contributed by atoms with van der Waals surface area (Å²) in [5.74, 6) is 1.81. The molecule has 4 fully saturated rings. The van der Waals surface area contributed by atoms with Crippen molar-refractivity contribution in [1.82, 2.24) is 9.97 Å². The molecule has 6 rings (SSSR count). The van der Waals surface area contributed by atoms with E-state index in [9.17, 15) is 9.90 Å². The quantitative estimate of drug-likeness (QED) is 0.805. The van der Waals surface area contributed by atoms with Gasteiger partial charge in [-0.2, -0.15) is 4.98 Å². The second-order valence-electron chi connectivity index (χ2n) is 7.80. The van der Waals surface area contributed by atoms with Crippen molar-refractivity contribution in [1.29, 1.82) is 0 Å². The van der Waals surface area contributed by atoms with Gasteiger partial charge in [0.25, 0.3) is 0 Å². The molecule has 0 spiro atoms. The third kappa shape index (κ3) is 1.67. The number of nitrogens with zero attached hydrogens (tertiary/aromatic N) is 3. The van der Waals surface area contributed by atoms with Crippen LogP contribution in [-0.4, -0.2) is 32.1 Å². The van der Waals surface area contributed by atoms with E-state index in [1.54, 1.807) is 6.20 Å². The fraction of sp³-hybridized carbons (Fsp3) is 0.688. The molecule has 6 heteroatoms. The van der Waals surface area contributed by atoms with E-state index in [1.807, 2.05) is 4.90 Å². The summed E-state index contributed by atoms with van der Waals surface area (Å²) in [5, 5.41) is 11.1. The Morgan fingerprint density at radius 1 is 1.27 bits per heavy atom. The third-order valence-electron chi connectivity index (χ3n) is 6.09. The summed E-state index contributed by atoms with van der Waals surface area (Å²) in [6.45, 7) is 0. The summed E-state index contributed by atoms with van der Waals surface area (Å²) >= 11 is 5.96. The van der Waals surface area contributed by atoms with E-state index in [0.717, 1.165) is 31.2 Å². The van der Waals surface area contributed by atoms with Crippen molar-refractivity contribution in [2.24, 2.45) is 11.8 Å². The first-order chi connectivity index (χ1) is 10.5. The van der Waals surface area contributed by atoms with E-state index in [2.05, 4.69) is 9.97 Å². The minimum Gasteiger partial charge on any atom is -0.390 e.